The number of nitrogens with one attached hydrogen (secondary N) is 2. The molecule has 1 aliphatic heterocycles. The summed E-state index contributed by atoms with van der Waals surface area (Å²) < 4.78 is 17.4. The van der Waals surface area contributed by atoms with Crippen molar-refractivity contribution >= 4 is 28.5 Å². The van der Waals surface area contributed by atoms with Crippen LogP contribution in [0.3, 0.4) is 0 Å². The lowest BCUT2D eigenvalue weighted by Gasteiger charge is -2.19. The van der Waals surface area contributed by atoms with E-state index in [4.69, 9.17) is 13.9 Å². The van der Waals surface area contributed by atoms with E-state index in [9.17, 15) is 9.59 Å². The molecule has 2 aromatic carbocycles. The van der Waals surface area contributed by atoms with Gasteiger partial charge in [0.2, 0.25) is 0 Å². The zero-order chi connectivity index (χ0) is 17.4. The first kappa shape index (κ1) is 15.1. The number of benzene rings is 2. The number of carbonyl (C=O) groups excluding carboxylic acids is 1. The van der Waals surface area contributed by atoms with Gasteiger partial charge in [0.05, 0.1) is 5.52 Å². The first-order chi connectivity index (χ1) is 12.1. The van der Waals surface area contributed by atoms with Gasteiger partial charge in [0.15, 0.2) is 17.1 Å². The molecule has 0 unspecified atom stereocenters. The Labute approximate surface area is 141 Å². The van der Waals surface area contributed by atoms with Crippen molar-refractivity contribution < 1.29 is 18.7 Å². The van der Waals surface area contributed by atoms with Gasteiger partial charge in [-0.1, -0.05) is 0 Å². The van der Waals surface area contributed by atoms with Gasteiger partial charge in [0, 0.05) is 30.6 Å². The lowest BCUT2D eigenvalue weighted by atomic mass is 10.2. The summed E-state index contributed by atoms with van der Waals surface area (Å²) in [4.78, 5) is 23.7. The molecule has 2 N–H and O–H groups in total. The van der Waals surface area contributed by atoms with E-state index >= 15 is 0 Å². The van der Waals surface area contributed by atoms with Crippen molar-refractivity contribution in [2.75, 3.05) is 23.8 Å². The van der Waals surface area contributed by atoms with Crippen molar-refractivity contribution in [3.05, 3.63) is 46.9 Å². The third-order valence-corrected chi connectivity index (χ3v) is 3.85. The Morgan fingerprint density at radius 2 is 1.68 bits per heavy atom. The van der Waals surface area contributed by atoms with Crippen molar-refractivity contribution in [1.29, 1.82) is 0 Å². The molecule has 8 nitrogen and oxygen atoms in total. The maximum atomic E-state index is 12.2. The highest BCUT2D eigenvalue weighted by Crippen LogP contribution is 2.32. The molecule has 2 amide bonds. The first-order valence-corrected chi connectivity index (χ1v) is 7.67. The molecule has 0 radical (unpaired) electrons. The Balaban J connectivity index is 1.49. The minimum absolute atomic E-state index is 0.407. The van der Waals surface area contributed by atoms with Gasteiger partial charge in [-0.15, -0.1) is 0 Å². The Bertz CT molecular complexity index is 1020. The first-order valence-electron chi connectivity index (χ1n) is 7.67. The summed E-state index contributed by atoms with van der Waals surface area (Å²) in [6.45, 7) is 0.989. The van der Waals surface area contributed by atoms with Gasteiger partial charge in [-0.2, -0.15) is 0 Å². The van der Waals surface area contributed by atoms with Gasteiger partial charge in [0.1, 0.15) is 13.2 Å². The molecule has 0 aliphatic carbocycles. The molecule has 0 fully saturated rings. The number of nitrogens with zero attached hydrogens (tertiary/aromatic N) is 1. The zero-order valence-electron chi connectivity index (χ0n) is 13.4. The smallest absolute Gasteiger partial charge is 0.419 e. The molecule has 25 heavy (non-hydrogen) atoms. The van der Waals surface area contributed by atoms with Crippen LogP contribution in [0.15, 0.2) is 45.6 Å². The summed E-state index contributed by atoms with van der Waals surface area (Å²) in [5, 5.41) is 5.42. The normalized spacial score (nSPS) is 12.8. The van der Waals surface area contributed by atoms with Crippen LogP contribution in [-0.4, -0.2) is 23.8 Å². The van der Waals surface area contributed by atoms with Crippen LogP contribution in [0.2, 0.25) is 0 Å². The van der Waals surface area contributed by atoms with Crippen LogP contribution in [-0.2, 0) is 7.05 Å². The molecule has 4 rings (SSSR count). The average Bonchev–Trinajstić information content (AvgIpc) is 2.88. The van der Waals surface area contributed by atoms with E-state index in [0.29, 0.717) is 47.2 Å². The summed E-state index contributed by atoms with van der Waals surface area (Å²) in [5.74, 6) is 0.797. The van der Waals surface area contributed by atoms with E-state index in [2.05, 4.69) is 10.6 Å². The highest BCUT2D eigenvalue weighted by Gasteiger charge is 2.13. The van der Waals surface area contributed by atoms with E-state index in [0.717, 1.165) is 0 Å². The molecule has 1 aliphatic rings. The summed E-state index contributed by atoms with van der Waals surface area (Å²) in [6.07, 6.45) is 0. The van der Waals surface area contributed by atoms with Gasteiger partial charge in [0.25, 0.3) is 0 Å². The number of urea groups is 1. The van der Waals surface area contributed by atoms with Crippen molar-refractivity contribution in [3.8, 4) is 11.5 Å². The second-order valence-corrected chi connectivity index (χ2v) is 5.55. The second-order valence-electron chi connectivity index (χ2n) is 5.55. The summed E-state index contributed by atoms with van der Waals surface area (Å²) in [7, 11) is 1.62. The standard InChI is InChI=1S/C17H15N3O5/c1-20-12-4-2-10(8-14(12)25-17(20)22)18-16(21)19-11-3-5-13-15(9-11)24-7-6-23-13/h2-5,8-9H,6-7H2,1H3,(H2,18,19,21). The number of rotatable bonds is 2. The van der Waals surface area contributed by atoms with Gasteiger partial charge >= 0.3 is 11.8 Å². The molecule has 3 aromatic rings. The summed E-state index contributed by atoms with van der Waals surface area (Å²) in [5.41, 5.74) is 2.15. The number of hydrogen-bond acceptors (Lipinski definition) is 5. The van der Waals surface area contributed by atoms with E-state index in [1.807, 2.05) is 0 Å². The van der Waals surface area contributed by atoms with E-state index < -0.39 is 11.8 Å². The van der Waals surface area contributed by atoms with Crippen LogP contribution >= 0.6 is 0 Å². The molecule has 0 bridgehead atoms. The van der Waals surface area contributed by atoms with Crippen LogP contribution in [0, 0.1) is 0 Å². The molecule has 2 heterocycles. The summed E-state index contributed by atoms with van der Waals surface area (Å²) in [6, 6.07) is 9.75. The summed E-state index contributed by atoms with van der Waals surface area (Å²) >= 11 is 0. The fraction of sp³-hybridized carbons (Fsp3) is 0.176. The molecule has 0 spiro atoms. The van der Waals surface area contributed by atoms with E-state index in [1.165, 1.54) is 4.57 Å². The SMILES string of the molecule is Cn1c(=O)oc2cc(NC(=O)Nc3ccc4c(c3)OCCO4)ccc21. The van der Waals surface area contributed by atoms with Crippen molar-refractivity contribution in [1.82, 2.24) is 4.57 Å². The number of hydrogen-bond donors (Lipinski definition) is 2. The van der Waals surface area contributed by atoms with E-state index in [1.54, 1.807) is 43.4 Å². The number of amides is 2. The van der Waals surface area contributed by atoms with Gasteiger partial charge in [-0.25, -0.2) is 9.59 Å². The molecular weight excluding hydrogens is 326 g/mol. The predicted octanol–water partition coefficient (Wildman–Crippen LogP) is 2.55. The lowest BCUT2D eigenvalue weighted by Crippen LogP contribution is -2.20. The maximum absolute atomic E-state index is 12.2. The molecule has 0 atom stereocenters. The Hall–Kier alpha value is -3.42. The molecular formula is C17H15N3O5. The number of aromatic nitrogens is 1. The topological polar surface area (TPSA) is 94.7 Å². The monoisotopic (exact) mass is 341 g/mol. The molecule has 0 saturated heterocycles. The van der Waals surface area contributed by atoms with E-state index in [-0.39, 0.29) is 0 Å². The van der Waals surface area contributed by atoms with Crippen LogP contribution < -0.4 is 25.9 Å². The zero-order valence-corrected chi connectivity index (χ0v) is 13.4. The van der Waals surface area contributed by atoms with Gasteiger partial charge in [-0.05, 0) is 24.3 Å². The van der Waals surface area contributed by atoms with Crippen LogP contribution in [0.25, 0.3) is 11.1 Å². The number of anilines is 2. The largest absolute Gasteiger partial charge is 0.486 e. The number of fused-ring (bicyclic) bond motifs is 2. The van der Waals surface area contributed by atoms with Crippen molar-refractivity contribution in [2.45, 2.75) is 0 Å². The Kier molecular flexibility index (Phi) is 3.57. The predicted molar refractivity (Wildman–Crippen MR) is 91.5 cm³/mol. The number of aryl methyl sites for hydroxylation is 1. The Morgan fingerprint density at radius 3 is 2.48 bits per heavy atom. The number of oxazole rings is 1. The highest BCUT2D eigenvalue weighted by molar-refractivity contribution is 6.00. The highest BCUT2D eigenvalue weighted by atomic mass is 16.6. The minimum atomic E-state index is -0.451. The third-order valence-electron chi connectivity index (χ3n) is 3.85. The maximum Gasteiger partial charge on any atom is 0.419 e. The quantitative estimate of drug-likeness (QED) is 0.747. The van der Waals surface area contributed by atoms with Gasteiger partial charge < -0.3 is 24.5 Å². The third kappa shape index (κ3) is 2.89. The van der Waals surface area contributed by atoms with Crippen molar-refractivity contribution in [2.24, 2.45) is 7.05 Å². The fourth-order valence-corrected chi connectivity index (χ4v) is 2.63. The Morgan fingerprint density at radius 1 is 1.00 bits per heavy atom. The number of ether oxygens (including phenoxy) is 2. The molecule has 0 saturated carbocycles. The average molecular weight is 341 g/mol. The van der Waals surface area contributed by atoms with Gasteiger partial charge in [-0.3, -0.25) is 4.57 Å². The number of carbonyl (C=O) groups is 1. The second kappa shape index (κ2) is 5.90. The lowest BCUT2D eigenvalue weighted by molar-refractivity contribution is 0.171. The molecule has 1 aromatic heterocycles. The molecule has 8 heteroatoms. The fourth-order valence-electron chi connectivity index (χ4n) is 2.63. The van der Waals surface area contributed by atoms with Crippen LogP contribution in [0.5, 0.6) is 11.5 Å². The van der Waals surface area contributed by atoms with Crippen molar-refractivity contribution in [3.63, 3.8) is 0 Å². The van der Waals surface area contributed by atoms with Crippen LogP contribution in [0.4, 0.5) is 16.2 Å². The molecule has 128 valence electrons. The minimum Gasteiger partial charge on any atom is -0.486 e. The van der Waals surface area contributed by atoms with Crippen LogP contribution in [0.1, 0.15) is 0 Å².